The maximum Gasteiger partial charge on any atom is 0.272 e. The number of pyridine rings is 1. The zero-order chi connectivity index (χ0) is 12.4. The highest BCUT2D eigenvalue weighted by Gasteiger charge is 2.14. The molecule has 0 aliphatic rings. The Bertz CT molecular complexity index is 665. The Morgan fingerprint density at radius 3 is 2.76 bits per heavy atom. The normalized spacial score (nSPS) is 10.4. The molecular formula is C13H12N2O2. The fraction of sp³-hybridized carbons (Fsp3) is 0.231. The summed E-state index contributed by atoms with van der Waals surface area (Å²) >= 11 is 0. The van der Waals surface area contributed by atoms with Gasteiger partial charge in [-0.1, -0.05) is 19.1 Å². The summed E-state index contributed by atoms with van der Waals surface area (Å²) in [5.74, 6) is -0.222. The van der Waals surface area contributed by atoms with Crippen molar-refractivity contribution in [2.24, 2.45) is 0 Å². The number of benzene rings is 1. The lowest BCUT2D eigenvalue weighted by Gasteiger charge is -2.11. The second-order valence-corrected chi connectivity index (χ2v) is 3.81. The quantitative estimate of drug-likeness (QED) is 0.854. The Kier molecular flexibility index (Phi) is 2.84. The first kappa shape index (κ1) is 11.2. The monoisotopic (exact) mass is 228 g/mol. The lowest BCUT2D eigenvalue weighted by molar-refractivity contribution is 0.476. The van der Waals surface area contributed by atoms with Crippen LogP contribution in [0.4, 0.5) is 0 Å². The third-order valence-corrected chi connectivity index (χ3v) is 2.70. The van der Waals surface area contributed by atoms with E-state index in [0.717, 1.165) is 6.42 Å². The van der Waals surface area contributed by atoms with Crippen molar-refractivity contribution in [3.8, 4) is 11.8 Å². The van der Waals surface area contributed by atoms with Crippen LogP contribution in [-0.4, -0.2) is 9.67 Å². The number of aryl methyl sites for hydroxylation is 1. The maximum atomic E-state index is 12.0. The molecule has 0 fully saturated rings. The van der Waals surface area contributed by atoms with Crippen molar-refractivity contribution < 1.29 is 5.11 Å². The number of nitrogens with zero attached hydrogens (tertiary/aromatic N) is 2. The van der Waals surface area contributed by atoms with E-state index in [1.165, 1.54) is 4.57 Å². The Morgan fingerprint density at radius 1 is 1.41 bits per heavy atom. The Balaban J connectivity index is 2.97. The number of nitriles is 1. The summed E-state index contributed by atoms with van der Waals surface area (Å²) in [5, 5.41) is 19.4. The second-order valence-electron chi connectivity index (χ2n) is 3.81. The van der Waals surface area contributed by atoms with Crippen molar-refractivity contribution in [2.75, 3.05) is 0 Å². The van der Waals surface area contributed by atoms with Gasteiger partial charge in [-0.25, -0.2) is 0 Å². The van der Waals surface area contributed by atoms with E-state index in [2.05, 4.69) is 0 Å². The summed E-state index contributed by atoms with van der Waals surface area (Å²) in [6.45, 7) is 2.49. The van der Waals surface area contributed by atoms with E-state index < -0.39 is 5.56 Å². The van der Waals surface area contributed by atoms with E-state index in [1.54, 1.807) is 30.3 Å². The molecule has 17 heavy (non-hydrogen) atoms. The van der Waals surface area contributed by atoms with Gasteiger partial charge in [-0.2, -0.15) is 5.26 Å². The number of hydrogen-bond acceptors (Lipinski definition) is 3. The van der Waals surface area contributed by atoms with Gasteiger partial charge in [0, 0.05) is 11.9 Å². The highest BCUT2D eigenvalue weighted by Crippen LogP contribution is 2.25. The predicted molar refractivity (Wildman–Crippen MR) is 64.9 cm³/mol. The average molecular weight is 228 g/mol. The van der Waals surface area contributed by atoms with Crippen LogP contribution in [0.5, 0.6) is 5.75 Å². The molecule has 4 heteroatoms. The molecule has 1 N–H and O–H groups in total. The van der Waals surface area contributed by atoms with Crippen LogP contribution in [0.1, 0.15) is 18.9 Å². The first-order valence-corrected chi connectivity index (χ1v) is 5.45. The van der Waals surface area contributed by atoms with Crippen molar-refractivity contribution in [1.82, 2.24) is 4.57 Å². The maximum absolute atomic E-state index is 12.0. The molecule has 0 aliphatic heterocycles. The minimum Gasteiger partial charge on any atom is -0.506 e. The molecule has 86 valence electrons. The molecule has 1 aromatic heterocycles. The molecule has 0 atom stereocenters. The number of aromatic hydroxyl groups is 1. The van der Waals surface area contributed by atoms with Gasteiger partial charge >= 0.3 is 0 Å². The number of rotatable bonds is 2. The molecule has 0 aliphatic carbocycles. The van der Waals surface area contributed by atoms with Crippen LogP contribution >= 0.6 is 0 Å². The number of aromatic nitrogens is 1. The van der Waals surface area contributed by atoms with Gasteiger partial charge in [-0.3, -0.25) is 4.79 Å². The van der Waals surface area contributed by atoms with Gasteiger partial charge in [-0.15, -0.1) is 0 Å². The molecule has 0 unspecified atom stereocenters. The summed E-state index contributed by atoms with van der Waals surface area (Å²) in [7, 11) is 0. The molecule has 1 heterocycles. The first-order chi connectivity index (χ1) is 8.20. The molecule has 0 bridgehead atoms. The van der Waals surface area contributed by atoms with Gasteiger partial charge in [0.1, 0.15) is 11.8 Å². The van der Waals surface area contributed by atoms with Crippen LogP contribution in [0, 0.1) is 11.3 Å². The fourth-order valence-electron chi connectivity index (χ4n) is 1.94. The summed E-state index contributed by atoms with van der Waals surface area (Å²) in [6, 6.07) is 8.82. The first-order valence-electron chi connectivity index (χ1n) is 5.45. The molecule has 0 spiro atoms. The lowest BCUT2D eigenvalue weighted by Crippen LogP contribution is -2.23. The van der Waals surface area contributed by atoms with Crippen molar-refractivity contribution in [3.05, 3.63) is 40.2 Å². The lowest BCUT2D eigenvalue weighted by atomic mass is 10.1. The summed E-state index contributed by atoms with van der Waals surface area (Å²) in [6.07, 6.45) is 0.791. The van der Waals surface area contributed by atoms with E-state index in [1.807, 2.05) is 6.92 Å². The molecule has 1 aromatic carbocycles. The fourth-order valence-corrected chi connectivity index (χ4v) is 1.94. The molecule has 2 rings (SSSR count). The molecule has 2 aromatic rings. The van der Waals surface area contributed by atoms with Crippen LogP contribution in [0.15, 0.2) is 29.1 Å². The van der Waals surface area contributed by atoms with E-state index >= 15 is 0 Å². The van der Waals surface area contributed by atoms with Gasteiger partial charge in [-0.05, 0) is 18.6 Å². The van der Waals surface area contributed by atoms with Gasteiger partial charge in [0.25, 0.3) is 5.56 Å². The van der Waals surface area contributed by atoms with Gasteiger partial charge in [0.15, 0.2) is 5.56 Å². The molecule has 4 nitrogen and oxygen atoms in total. The third-order valence-electron chi connectivity index (χ3n) is 2.70. The van der Waals surface area contributed by atoms with Gasteiger partial charge in [0.05, 0.1) is 5.52 Å². The Morgan fingerprint density at radius 2 is 2.12 bits per heavy atom. The summed E-state index contributed by atoms with van der Waals surface area (Å²) in [5.41, 5.74) is 0.0542. The summed E-state index contributed by atoms with van der Waals surface area (Å²) < 4.78 is 1.54. The molecular weight excluding hydrogens is 216 g/mol. The minimum atomic E-state index is -0.425. The molecule has 0 radical (unpaired) electrons. The SMILES string of the molecule is CCCn1c(=O)c(C#N)c(O)c2ccccc21. The van der Waals surface area contributed by atoms with Gasteiger partial charge in [0.2, 0.25) is 0 Å². The number of fused-ring (bicyclic) bond motifs is 1. The zero-order valence-electron chi connectivity index (χ0n) is 9.47. The Labute approximate surface area is 98.4 Å². The molecule has 0 saturated carbocycles. The van der Waals surface area contributed by atoms with Crippen molar-refractivity contribution in [3.63, 3.8) is 0 Å². The topological polar surface area (TPSA) is 66.0 Å². The zero-order valence-corrected chi connectivity index (χ0v) is 9.47. The highest BCUT2D eigenvalue weighted by molar-refractivity contribution is 5.87. The van der Waals surface area contributed by atoms with Crippen molar-refractivity contribution in [1.29, 1.82) is 5.26 Å². The summed E-state index contributed by atoms with van der Waals surface area (Å²) in [4.78, 5) is 12.0. The number of para-hydroxylation sites is 1. The smallest absolute Gasteiger partial charge is 0.272 e. The second kappa shape index (κ2) is 4.30. The van der Waals surface area contributed by atoms with E-state index in [0.29, 0.717) is 17.4 Å². The molecule has 0 saturated heterocycles. The Hall–Kier alpha value is -2.28. The van der Waals surface area contributed by atoms with Crippen molar-refractivity contribution in [2.45, 2.75) is 19.9 Å². The third kappa shape index (κ3) is 1.66. The van der Waals surface area contributed by atoms with E-state index in [4.69, 9.17) is 5.26 Å². The number of hydrogen-bond donors (Lipinski definition) is 1. The van der Waals surface area contributed by atoms with Crippen LogP contribution in [-0.2, 0) is 6.54 Å². The predicted octanol–water partition coefficient (Wildman–Crippen LogP) is 1.99. The van der Waals surface area contributed by atoms with Crippen LogP contribution in [0.25, 0.3) is 10.9 Å². The van der Waals surface area contributed by atoms with Crippen LogP contribution < -0.4 is 5.56 Å². The largest absolute Gasteiger partial charge is 0.506 e. The van der Waals surface area contributed by atoms with Crippen molar-refractivity contribution >= 4 is 10.9 Å². The average Bonchev–Trinajstić information content (AvgIpc) is 2.35. The van der Waals surface area contributed by atoms with E-state index in [-0.39, 0.29) is 11.3 Å². The standard InChI is InChI=1S/C13H12N2O2/c1-2-7-15-11-6-4-3-5-9(11)12(16)10(8-14)13(15)17/h3-6,16H,2,7H2,1H3. The van der Waals surface area contributed by atoms with Crippen LogP contribution in [0.3, 0.4) is 0 Å². The van der Waals surface area contributed by atoms with Crippen LogP contribution in [0.2, 0.25) is 0 Å². The molecule has 0 amide bonds. The van der Waals surface area contributed by atoms with E-state index in [9.17, 15) is 9.90 Å². The minimum absolute atomic E-state index is 0.183. The van der Waals surface area contributed by atoms with Gasteiger partial charge < -0.3 is 9.67 Å². The highest BCUT2D eigenvalue weighted by atomic mass is 16.3.